The first kappa shape index (κ1) is 18.9. The molecule has 1 aromatic carbocycles. The average Bonchev–Trinajstić information content (AvgIpc) is 2.62. The van der Waals surface area contributed by atoms with E-state index in [0.717, 1.165) is 37.7 Å². The van der Waals surface area contributed by atoms with E-state index >= 15 is 0 Å². The number of hydrogen-bond acceptors (Lipinski definition) is 7. The molecule has 1 atom stereocenters. The summed E-state index contributed by atoms with van der Waals surface area (Å²) in [5.41, 5.74) is 8.51. The van der Waals surface area contributed by atoms with Gasteiger partial charge < -0.3 is 16.0 Å². The van der Waals surface area contributed by atoms with Crippen LogP contribution >= 0.6 is 11.8 Å². The van der Waals surface area contributed by atoms with E-state index in [-0.39, 0.29) is 0 Å². The normalized spacial score (nSPS) is 18.8. The average molecular weight is 373 g/mol. The van der Waals surface area contributed by atoms with Crippen LogP contribution in [0.1, 0.15) is 11.1 Å². The number of benzene rings is 1. The summed E-state index contributed by atoms with van der Waals surface area (Å²) < 4.78 is 0. The van der Waals surface area contributed by atoms with E-state index in [0.29, 0.717) is 17.0 Å². The third kappa shape index (κ3) is 5.33. The number of hydrogen-bond donors (Lipinski definition) is 2. The van der Waals surface area contributed by atoms with Crippen molar-refractivity contribution in [2.24, 2.45) is 0 Å². The molecule has 7 heteroatoms. The van der Waals surface area contributed by atoms with Crippen molar-refractivity contribution in [2.75, 3.05) is 51.3 Å². The topological polar surface area (TPSA) is 70.3 Å². The number of aromatic nitrogens is 2. The maximum Gasteiger partial charge on any atom is 0.191 e. The van der Waals surface area contributed by atoms with Crippen molar-refractivity contribution in [1.82, 2.24) is 19.8 Å². The summed E-state index contributed by atoms with van der Waals surface area (Å²) in [7, 11) is 4.35. The molecule has 1 saturated heterocycles. The molecular formula is C19H28N6S. The highest BCUT2D eigenvalue weighted by atomic mass is 32.2. The Labute approximate surface area is 160 Å². The van der Waals surface area contributed by atoms with Gasteiger partial charge in [0.1, 0.15) is 11.6 Å². The molecule has 1 aliphatic rings. The van der Waals surface area contributed by atoms with E-state index in [1.54, 1.807) is 11.8 Å². The van der Waals surface area contributed by atoms with Gasteiger partial charge in [-0.05, 0) is 26.6 Å². The summed E-state index contributed by atoms with van der Waals surface area (Å²) >= 11 is 1.61. The lowest BCUT2D eigenvalue weighted by molar-refractivity contribution is 0.122. The van der Waals surface area contributed by atoms with E-state index in [1.165, 1.54) is 11.1 Å². The first-order chi connectivity index (χ1) is 12.5. The third-order valence-electron chi connectivity index (χ3n) is 4.71. The zero-order valence-corrected chi connectivity index (χ0v) is 16.6. The highest BCUT2D eigenvalue weighted by Crippen LogP contribution is 2.22. The lowest BCUT2D eigenvalue weighted by atomic mass is 10.2. The molecule has 6 nitrogen and oxygen atoms in total. The second-order valence-electron chi connectivity index (χ2n) is 7.01. The van der Waals surface area contributed by atoms with Gasteiger partial charge in [0.25, 0.3) is 0 Å². The zero-order valence-electron chi connectivity index (χ0n) is 15.8. The molecule has 2 heterocycles. The van der Waals surface area contributed by atoms with Gasteiger partial charge in [0.15, 0.2) is 5.16 Å². The molecule has 0 unspecified atom stereocenters. The second-order valence-corrected chi connectivity index (χ2v) is 7.95. The smallest absolute Gasteiger partial charge is 0.191 e. The first-order valence-corrected chi connectivity index (χ1v) is 9.94. The fourth-order valence-corrected chi connectivity index (χ4v) is 3.80. The van der Waals surface area contributed by atoms with E-state index in [4.69, 9.17) is 5.73 Å². The number of nitrogens with two attached hydrogens (primary N) is 1. The predicted molar refractivity (Wildman–Crippen MR) is 110 cm³/mol. The van der Waals surface area contributed by atoms with E-state index in [9.17, 15) is 0 Å². The Bertz CT molecular complexity index is 720. The number of likely N-dealkylation sites (N-methyl/N-ethyl adjacent to an activating group) is 2. The van der Waals surface area contributed by atoms with Gasteiger partial charge in [-0.2, -0.15) is 0 Å². The van der Waals surface area contributed by atoms with Crippen molar-refractivity contribution in [1.29, 1.82) is 0 Å². The minimum absolute atomic E-state index is 0.466. The Morgan fingerprint density at radius 1 is 1.19 bits per heavy atom. The molecule has 0 radical (unpaired) electrons. The van der Waals surface area contributed by atoms with Crippen LogP contribution in [0, 0.1) is 6.92 Å². The summed E-state index contributed by atoms with van der Waals surface area (Å²) in [5.74, 6) is 2.13. The van der Waals surface area contributed by atoms with Gasteiger partial charge in [-0.25, -0.2) is 9.97 Å². The van der Waals surface area contributed by atoms with Crippen LogP contribution in [-0.4, -0.2) is 66.1 Å². The molecule has 1 fully saturated rings. The Hall–Kier alpha value is -1.83. The second kappa shape index (κ2) is 8.70. The molecular weight excluding hydrogens is 344 g/mol. The Balaban J connectivity index is 1.59. The highest BCUT2D eigenvalue weighted by Gasteiger charge is 2.21. The number of nitrogens with one attached hydrogen (secondary N) is 1. The standard InChI is InChI=1S/C19H28N6S/c1-14-4-6-15(7-5-14)13-26-19-22-17(20)10-18(23-19)21-11-16-12-24(2)8-9-25(16)3/h4-7,10,16H,8-9,11-13H2,1-3H3,(H3,20,21,22,23)/t16-/m1/s1. The van der Waals surface area contributed by atoms with Gasteiger partial charge in [0.2, 0.25) is 0 Å². The molecule has 0 spiro atoms. The summed E-state index contributed by atoms with van der Waals surface area (Å²) in [6.07, 6.45) is 0. The van der Waals surface area contributed by atoms with Gasteiger partial charge in [-0.15, -0.1) is 0 Å². The summed E-state index contributed by atoms with van der Waals surface area (Å²) in [4.78, 5) is 13.7. The minimum Gasteiger partial charge on any atom is -0.383 e. The molecule has 140 valence electrons. The zero-order chi connectivity index (χ0) is 18.5. The molecule has 26 heavy (non-hydrogen) atoms. The van der Waals surface area contributed by atoms with E-state index in [2.05, 4.69) is 70.4 Å². The quantitative estimate of drug-likeness (QED) is 0.596. The van der Waals surface area contributed by atoms with Crippen molar-refractivity contribution in [3.8, 4) is 0 Å². The van der Waals surface area contributed by atoms with Gasteiger partial charge in [-0.3, -0.25) is 4.90 Å². The molecule has 0 amide bonds. The minimum atomic E-state index is 0.466. The van der Waals surface area contributed by atoms with Crippen LogP contribution in [0.15, 0.2) is 35.5 Å². The van der Waals surface area contributed by atoms with Crippen molar-refractivity contribution in [2.45, 2.75) is 23.9 Å². The fraction of sp³-hybridized carbons (Fsp3) is 0.474. The van der Waals surface area contributed by atoms with E-state index in [1.807, 2.05) is 6.07 Å². The first-order valence-electron chi connectivity index (χ1n) is 8.95. The summed E-state index contributed by atoms with van der Waals surface area (Å²) in [5, 5.41) is 4.15. The number of aryl methyl sites for hydroxylation is 1. The molecule has 2 aromatic rings. The van der Waals surface area contributed by atoms with Gasteiger partial charge in [0, 0.05) is 44.0 Å². The van der Waals surface area contributed by atoms with Gasteiger partial charge >= 0.3 is 0 Å². The monoisotopic (exact) mass is 372 g/mol. The van der Waals surface area contributed by atoms with Crippen LogP contribution in [0.2, 0.25) is 0 Å². The molecule has 3 N–H and O–H groups in total. The Kier molecular flexibility index (Phi) is 6.34. The maximum atomic E-state index is 5.98. The third-order valence-corrected chi connectivity index (χ3v) is 5.63. The van der Waals surface area contributed by atoms with Crippen molar-refractivity contribution in [3.63, 3.8) is 0 Å². The number of piperazine rings is 1. The van der Waals surface area contributed by atoms with Crippen LogP contribution in [0.4, 0.5) is 11.6 Å². The van der Waals surface area contributed by atoms with Crippen molar-refractivity contribution >= 4 is 23.4 Å². The molecule has 0 aliphatic carbocycles. The molecule has 0 saturated carbocycles. The SMILES string of the molecule is Cc1ccc(CSc2nc(N)cc(NC[C@@H]3CN(C)CCN3C)n2)cc1. The maximum absolute atomic E-state index is 5.98. The van der Waals surface area contributed by atoms with Crippen LogP contribution in [-0.2, 0) is 5.75 Å². The molecule has 3 rings (SSSR count). The molecule has 0 bridgehead atoms. The number of anilines is 2. The summed E-state index contributed by atoms with van der Waals surface area (Å²) in [6, 6.07) is 10.8. The predicted octanol–water partition coefficient (Wildman–Crippen LogP) is 2.32. The van der Waals surface area contributed by atoms with Gasteiger partial charge in [-0.1, -0.05) is 41.6 Å². The number of nitrogen functional groups attached to an aromatic ring is 1. The Morgan fingerprint density at radius 3 is 2.73 bits per heavy atom. The van der Waals surface area contributed by atoms with Crippen molar-refractivity contribution < 1.29 is 0 Å². The number of nitrogens with zero attached hydrogens (tertiary/aromatic N) is 4. The summed E-state index contributed by atoms with van der Waals surface area (Å²) in [6.45, 7) is 6.20. The van der Waals surface area contributed by atoms with Gasteiger partial charge in [0.05, 0.1) is 0 Å². The van der Waals surface area contributed by atoms with E-state index < -0.39 is 0 Å². The lowest BCUT2D eigenvalue weighted by Crippen LogP contribution is -2.52. The lowest BCUT2D eigenvalue weighted by Gasteiger charge is -2.37. The largest absolute Gasteiger partial charge is 0.383 e. The number of rotatable bonds is 6. The molecule has 1 aromatic heterocycles. The highest BCUT2D eigenvalue weighted by molar-refractivity contribution is 7.98. The van der Waals surface area contributed by atoms with Crippen LogP contribution < -0.4 is 11.1 Å². The van der Waals surface area contributed by atoms with Crippen LogP contribution in [0.5, 0.6) is 0 Å². The molecule has 1 aliphatic heterocycles. The van der Waals surface area contributed by atoms with Crippen LogP contribution in [0.3, 0.4) is 0 Å². The Morgan fingerprint density at radius 2 is 1.96 bits per heavy atom. The number of thioether (sulfide) groups is 1. The fourth-order valence-electron chi connectivity index (χ4n) is 2.97. The van der Waals surface area contributed by atoms with Crippen molar-refractivity contribution in [3.05, 3.63) is 41.5 Å². The van der Waals surface area contributed by atoms with Crippen LogP contribution in [0.25, 0.3) is 0 Å².